The summed E-state index contributed by atoms with van der Waals surface area (Å²) in [6, 6.07) is 9.38. The van der Waals surface area contributed by atoms with E-state index >= 15 is 0 Å². The molecule has 28 heavy (non-hydrogen) atoms. The number of hydrogen-bond donors (Lipinski definition) is 0. The van der Waals surface area contributed by atoms with Gasteiger partial charge in [0.15, 0.2) is 0 Å². The van der Waals surface area contributed by atoms with Gasteiger partial charge >= 0.3 is 5.97 Å². The molecule has 0 aliphatic heterocycles. The number of rotatable bonds is 5. The molecule has 1 aromatic carbocycles. The molecule has 0 amide bonds. The fraction of sp³-hybridized carbons (Fsp3) is 0.211. The van der Waals surface area contributed by atoms with Crippen molar-refractivity contribution in [3.63, 3.8) is 0 Å². The van der Waals surface area contributed by atoms with Crippen LogP contribution in [0.1, 0.15) is 28.0 Å². The molecule has 3 aromatic heterocycles. The van der Waals surface area contributed by atoms with Crippen LogP contribution in [-0.2, 0) is 11.3 Å². The van der Waals surface area contributed by atoms with Gasteiger partial charge in [-0.25, -0.2) is 9.78 Å². The minimum Gasteiger partial charge on any atom is -0.462 e. The summed E-state index contributed by atoms with van der Waals surface area (Å²) in [7, 11) is 0. The quantitative estimate of drug-likeness (QED) is 0.478. The second-order valence-corrected chi connectivity index (χ2v) is 7.00. The fourth-order valence-electron chi connectivity index (χ4n) is 2.82. The maximum absolute atomic E-state index is 12.9. The molecular weight excluding hydrogens is 380 g/mol. The zero-order chi connectivity index (χ0) is 19.7. The second-order valence-electron chi connectivity index (χ2n) is 6.00. The summed E-state index contributed by atoms with van der Waals surface area (Å²) in [6.45, 7) is 3.81. The van der Waals surface area contributed by atoms with Gasteiger partial charge < -0.3 is 9.15 Å². The molecule has 8 nitrogen and oxygen atoms in total. The third-order valence-electron chi connectivity index (χ3n) is 4.17. The number of carbonyl (C=O) groups is 1. The van der Waals surface area contributed by atoms with Crippen molar-refractivity contribution >= 4 is 27.5 Å². The van der Waals surface area contributed by atoms with Gasteiger partial charge in [0.2, 0.25) is 11.8 Å². The molecule has 4 aromatic rings. The van der Waals surface area contributed by atoms with E-state index in [0.717, 1.165) is 16.9 Å². The minimum atomic E-state index is -0.446. The standard InChI is InChI=1S/C19H16N4O4S/c1-3-26-19(25)15-11(2)14-17(28-15)20-10-23(18(14)24)9-13-21-22-16(27-13)12-7-5-4-6-8-12/h4-8,10H,3,9H2,1-2H3. The highest BCUT2D eigenvalue weighted by atomic mass is 32.1. The molecule has 142 valence electrons. The zero-order valence-corrected chi connectivity index (χ0v) is 16.0. The smallest absolute Gasteiger partial charge is 0.348 e. The summed E-state index contributed by atoms with van der Waals surface area (Å²) >= 11 is 1.15. The number of carbonyl (C=O) groups excluding carboxylic acids is 1. The first-order valence-corrected chi connectivity index (χ1v) is 9.43. The number of ether oxygens (including phenoxy) is 1. The number of hydrogen-bond acceptors (Lipinski definition) is 8. The Hall–Kier alpha value is -3.33. The molecule has 4 rings (SSSR count). The van der Waals surface area contributed by atoms with Crippen LogP contribution in [-0.4, -0.2) is 32.3 Å². The molecule has 0 atom stereocenters. The molecule has 0 unspecified atom stereocenters. The van der Waals surface area contributed by atoms with Crippen LogP contribution >= 0.6 is 11.3 Å². The molecule has 0 aliphatic rings. The minimum absolute atomic E-state index is 0.0889. The van der Waals surface area contributed by atoms with Gasteiger partial charge in [-0.1, -0.05) is 18.2 Å². The van der Waals surface area contributed by atoms with E-state index in [1.54, 1.807) is 13.8 Å². The molecule has 0 aliphatic carbocycles. The molecule has 0 bridgehead atoms. The molecule has 0 spiro atoms. The number of thiophene rings is 1. The SMILES string of the molecule is CCOC(=O)c1sc2ncn(Cc3nnc(-c4ccccc4)o3)c(=O)c2c1C. The molecule has 0 radical (unpaired) electrons. The Bertz CT molecular complexity index is 1210. The Kier molecular flexibility index (Phi) is 4.74. The second kappa shape index (κ2) is 7.35. The van der Waals surface area contributed by atoms with Gasteiger partial charge in [-0.2, -0.15) is 0 Å². The van der Waals surface area contributed by atoms with Gasteiger partial charge in [-0.15, -0.1) is 21.5 Å². The van der Waals surface area contributed by atoms with E-state index in [4.69, 9.17) is 9.15 Å². The van der Waals surface area contributed by atoms with Crippen molar-refractivity contribution in [3.05, 3.63) is 63.3 Å². The molecule has 0 N–H and O–H groups in total. The van der Waals surface area contributed by atoms with Crippen molar-refractivity contribution in [3.8, 4) is 11.5 Å². The molecular formula is C19H16N4O4S. The first kappa shape index (κ1) is 18.1. The fourth-order valence-corrected chi connectivity index (χ4v) is 3.86. The Balaban J connectivity index is 1.68. The van der Waals surface area contributed by atoms with E-state index < -0.39 is 5.97 Å². The van der Waals surface area contributed by atoms with Crippen LogP contribution < -0.4 is 5.56 Å². The lowest BCUT2D eigenvalue weighted by Crippen LogP contribution is -2.21. The Labute approximate surface area is 163 Å². The van der Waals surface area contributed by atoms with Gasteiger partial charge in [0.05, 0.1) is 18.3 Å². The Morgan fingerprint density at radius 2 is 2.04 bits per heavy atom. The number of aryl methyl sites for hydroxylation is 1. The van der Waals surface area contributed by atoms with Crippen LogP contribution in [0.5, 0.6) is 0 Å². The van der Waals surface area contributed by atoms with Gasteiger partial charge in [0.1, 0.15) is 16.3 Å². The topological polar surface area (TPSA) is 100 Å². The third kappa shape index (κ3) is 3.20. The molecule has 3 heterocycles. The van der Waals surface area contributed by atoms with E-state index in [9.17, 15) is 9.59 Å². The number of nitrogens with zero attached hydrogens (tertiary/aromatic N) is 4. The molecule has 0 fully saturated rings. The van der Waals surface area contributed by atoms with Crippen molar-refractivity contribution < 1.29 is 13.9 Å². The highest BCUT2D eigenvalue weighted by Crippen LogP contribution is 2.27. The monoisotopic (exact) mass is 396 g/mol. The van der Waals surface area contributed by atoms with Crippen LogP contribution in [0.2, 0.25) is 0 Å². The van der Waals surface area contributed by atoms with Gasteiger partial charge in [0, 0.05) is 5.56 Å². The molecule has 0 saturated carbocycles. The first-order chi connectivity index (χ1) is 13.6. The number of fused-ring (bicyclic) bond motifs is 1. The van der Waals surface area contributed by atoms with Crippen molar-refractivity contribution in [2.45, 2.75) is 20.4 Å². The normalized spacial score (nSPS) is 11.1. The first-order valence-electron chi connectivity index (χ1n) is 8.62. The van der Waals surface area contributed by atoms with Crippen molar-refractivity contribution in [2.24, 2.45) is 0 Å². The summed E-state index contributed by atoms with van der Waals surface area (Å²) in [5.41, 5.74) is 1.10. The van der Waals surface area contributed by atoms with Gasteiger partial charge in [0.25, 0.3) is 5.56 Å². The van der Waals surface area contributed by atoms with E-state index in [1.807, 2.05) is 30.3 Å². The maximum Gasteiger partial charge on any atom is 0.348 e. The highest BCUT2D eigenvalue weighted by Gasteiger charge is 2.21. The van der Waals surface area contributed by atoms with E-state index in [-0.39, 0.29) is 18.7 Å². The number of esters is 1. The molecule has 0 saturated heterocycles. The zero-order valence-electron chi connectivity index (χ0n) is 15.2. The summed E-state index contributed by atoms with van der Waals surface area (Å²) in [5.74, 6) is 0.230. The number of benzene rings is 1. The van der Waals surface area contributed by atoms with Crippen molar-refractivity contribution in [1.29, 1.82) is 0 Å². The highest BCUT2D eigenvalue weighted by molar-refractivity contribution is 7.20. The lowest BCUT2D eigenvalue weighted by Gasteiger charge is -2.02. The van der Waals surface area contributed by atoms with E-state index in [2.05, 4.69) is 15.2 Å². The largest absolute Gasteiger partial charge is 0.462 e. The van der Waals surface area contributed by atoms with Crippen LogP contribution in [0.15, 0.2) is 45.9 Å². The average molecular weight is 396 g/mol. The van der Waals surface area contributed by atoms with Crippen LogP contribution in [0.4, 0.5) is 0 Å². The van der Waals surface area contributed by atoms with E-state index in [1.165, 1.54) is 10.9 Å². The maximum atomic E-state index is 12.9. The summed E-state index contributed by atoms with van der Waals surface area (Å²) in [4.78, 5) is 30.2. The van der Waals surface area contributed by atoms with Gasteiger partial charge in [-0.3, -0.25) is 9.36 Å². The van der Waals surface area contributed by atoms with Gasteiger partial charge in [-0.05, 0) is 31.5 Å². The Morgan fingerprint density at radius 3 is 2.79 bits per heavy atom. The summed E-state index contributed by atoms with van der Waals surface area (Å²) < 4.78 is 12.1. The summed E-state index contributed by atoms with van der Waals surface area (Å²) in [5, 5.41) is 8.44. The van der Waals surface area contributed by atoms with Crippen LogP contribution in [0.25, 0.3) is 21.7 Å². The number of aromatic nitrogens is 4. The van der Waals surface area contributed by atoms with Crippen molar-refractivity contribution in [1.82, 2.24) is 19.7 Å². The lowest BCUT2D eigenvalue weighted by atomic mass is 10.2. The predicted octanol–water partition coefficient (Wildman–Crippen LogP) is 3.04. The predicted molar refractivity (Wildman–Crippen MR) is 103 cm³/mol. The third-order valence-corrected chi connectivity index (χ3v) is 5.35. The lowest BCUT2D eigenvalue weighted by molar-refractivity contribution is 0.0531. The van der Waals surface area contributed by atoms with Crippen LogP contribution in [0.3, 0.4) is 0 Å². The van der Waals surface area contributed by atoms with Crippen molar-refractivity contribution in [2.75, 3.05) is 6.61 Å². The average Bonchev–Trinajstić information content (AvgIpc) is 3.30. The summed E-state index contributed by atoms with van der Waals surface area (Å²) in [6.07, 6.45) is 1.42. The van der Waals surface area contributed by atoms with Crippen LogP contribution in [0, 0.1) is 6.92 Å². The molecule has 9 heteroatoms. The van der Waals surface area contributed by atoms with E-state index in [0.29, 0.717) is 32.4 Å². The Morgan fingerprint density at radius 1 is 1.25 bits per heavy atom.